The normalized spacial score (nSPS) is 18.1. The standard InChI is InChI=1S/C22H24N2O3/c25-21(17-11-10-15-5-3-6-16(15)13-17)24-20-9-2-1-8-19(20)22(26)23-14-18-7-4-12-27-18/h1-2,8-11,13,18H,3-7,12,14H2,(H,23,26)(H,24,25). The Hall–Kier alpha value is -2.66. The highest BCUT2D eigenvalue weighted by Crippen LogP contribution is 2.24. The van der Waals surface area contributed by atoms with E-state index >= 15 is 0 Å². The lowest BCUT2D eigenvalue weighted by Crippen LogP contribution is -2.32. The molecule has 1 aliphatic heterocycles. The van der Waals surface area contributed by atoms with Crippen molar-refractivity contribution in [2.75, 3.05) is 18.5 Å². The number of rotatable bonds is 5. The maximum Gasteiger partial charge on any atom is 0.255 e. The summed E-state index contributed by atoms with van der Waals surface area (Å²) >= 11 is 0. The van der Waals surface area contributed by atoms with Crippen LogP contribution in [0, 0.1) is 0 Å². The highest BCUT2D eigenvalue weighted by molar-refractivity contribution is 6.09. The van der Waals surface area contributed by atoms with Gasteiger partial charge < -0.3 is 15.4 Å². The van der Waals surface area contributed by atoms with Gasteiger partial charge in [-0.1, -0.05) is 18.2 Å². The van der Waals surface area contributed by atoms with Crippen molar-refractivity contribution in [1.82, 2.24) is 5.32 Å². The van der Waals surface area contributed by atoms with E-state index in [-0.39, 0.29) is 17.9 Å². The Labute approximate surface area is 159 Å². The number of hydrogen-bond donors (Lipinski definition) is 2. The van der Waals surface area contributed by atoms with Gasteiger partial charge in [-0.05, 0) is 67.5 Å². The van der Waals surface area contributed by atoms with Gasteiger partial charge in [-0.15, -0.1) is 0 Å². The summed E-state index contributed by atoms with van der Waals surface area (Å²) in [5, 5.41) is 5.81. The number of hydrogen-bond acceptors (Lipinski definition) is 3. The Morgan fingerprint density at radius 3 is 2.70 bits per heavy atom. The van der Waals surface area contributed by atoms with Crippen molar-refractivity contribution < 1.29 is 14.3 Å². The van der Waals surface area contributed by atoms with Crippen molar-refractivity contribution in [3.8, 4) is 0 Å². The molecule has 1 unspecified atom stereocenters. The summed E-state index contributed by atoms with van der Waals surface area (Å²) in [4.78, 5) is 25.3. The number of anilines is 1. The second kappa shape index (κ2) is 7.92. The summed E-state index contributed by atoms with van der Waals surface area (Å²) in [7, 11) is 0. The lowest BCUT2D eigenvalue weighted by molar-refractivity contribution is 0.0858. The smallest absolute Gasteiger partial charge is 0.255 e. The number of benzene rings is 2. The number of amides is 2. The summed E-state index contributed by atoms with van der Waals surface area (Å²) < 4.78 is 5.54. The Morgan fingerprint density at radius 1 is 1.00 bits per heavy atom. The van der Waals surface area contributed by atoms with Crippen LogP contribution >= 0.6 is 0 Å². The lowest BCUT2D eigenvalue weighted by atomic mass is 10.1. The predicted molar refractivity (Wildman–Crippen MR) is 104 cm³/mol. The van der Waals surface area contributed by atoms with Gasteiger partial charge in [0.25, 0.3) is 11.8 Å². The van der Waals surface area contributed by atoms with Crippen LogP contribution in [-0.2, 0) is 17.6 Å². The molecule has 2 aromatic rings. The molecule has 0 bridgehead atoms. The molecule has 5 heteroatoms. The third kappa shape index (κ3) is 4.03. The van der Waals surface area contributed by atoms with Crippen molar-refractivity contribution in [3.63, 3.8) is 0 Å². The van der Waals surface area contributed by atoms with Gasteiger partial charge in [0.15, 0.2) is 0 Å². The van der Waals surface area contributed by atoms with Crippen LogP contribution < -0.4 is 10.6 Å². The van der Waals surface area contributed by atoms with Gasteiger partial charge >= 0.3 is 0 Å². The first-order valence-corrected chi connectivity index (χ1v) is 9.63. The van der Waals surface area contributed by atoms with E-state index in [0.29, 0.717) is 23.4 Å². The van der Waals surface area contributed by atoms with E-state index in [9.17, 15) is 9.59 Å². The summed E-state index contributed by atoms with van der Waals surface area (Å²) in [6, 6.07) is 13.0. The monoisotopic (exact) mass is 364 g/mol. The van der Waals surface area contributed by atoms with E-state index in [4.69, 9.17) is 4.74 Å². The molecule has 2 amide bonds. The van der Waals surface area contributed by atoms with Gasteiger partial charge in [-0.2, -0.15) is 0 Å². The SMILES string of the molecule is O=C(Nc1ccccc1C(=O)NCC1CCCO1)c1ccc2c(c1)CCC2. The molecule has 2 aliphatic rings. The quantitative estimate of drug-likeness (QED) is 0.855. The van der Waals surface area contributed by atoms with Crippen LogP contribution in [-0.4, -0.2) is 31.1 Å². The Bertz CT molecular complexity index is 856. The van der Waals surface area contributed by atoms with Gasteiger partial charge in [-0.25, -0.2) is 0 Å². The second-order valence-corrected chi connectivity index (χ2v) is 7.18. The molecule has 1 fully saturated rings. The number of ether oxygens (including phenoxy) is 1. The molecule has 0 saturated carbocycles. The molecule has 0 spiro atoms. The van der Waals surface area contributed by atoms with E-state index in [0.717, 1.165) is 38.7 Å². The average Bonchev–Trinajstić information content (AvgIpc) is 3.37. The number of carbonyl (C=O) groups excluding carboxylic acids is 2. The van der Waals surface area contributed by atoms with Crippen LogP contribution in [0.25, 0.3) is 0 Å². The molecule has 2 aromatic carbocycles. The number of aryl methyl sites for hydroxylation is 2. The third-order valence-electron chi connectivity index (χ3n) is 5.29. The molecule has 0 aromatic heterocycles. The van der Waals surface area contributed by atoms with E-state index < -0.39 is 0 Å². The summed E-state index contributed by atoms with van der Waals surface area (Å²) in [6.07, 6.45) is 5.35. The first-order chi connectivity index (χ1) is 13.2. The molecule has 27 heavy (non-hydrogen) atoms. The van der Waals surface area contributed by atoms with Crippen molar-refractivity contribution in [2.45, 2.75) is 38.2 Å². The van der Waals surface area contributed by atoms with Gasteiger partial charge in [0, 0.05) is 18.7 Å². The number of para-hydroxylation sites is 1. The van der Waals surface area contributed by atoms with Gasteiger partial charge in [0.2, 0.25) is 0 Å². The highest BCUT2D eigenvalue weighted by atomic mass is 16.5. The van der Waals surface area contributed by atoms with Crippen LogP contribution in [0.1, 0.15) is 51.1 Å². The molecule has 5 nitrogen and oxygen atoms in total. The topological polar surface area (TPSA) is 67.4 Å². The largest absolute Gasteiger partial charge is 0.376 e. The number of nitrogens with one attached hydrogen (secondary N) is 2. The predicted octanol–water partition coefficient (Wildman–Crippen LogP) is 3.34. The van der Waals surface area contributed by atoms with Crippen LogP contribution in [0.3, 0.4) is 0 Å². The van der Waals surface area contributed by atoms with E-state index in [1.165, 1.54) is 11.1 Å². The summed E-state index contributed by atoms with van der Waals surface area (Å²) in [5.74, 6) is -0.389. The Balaban J connectivity index is 1.45. The maximum atomic E-state index is 12.7. The molecule has 2 N–H and O–H groups in total. The Kier molecular flexibility index (Phi) is 5.21. The molecular weight excluding hydrogens is 340 g/mol. The fraction of sp³-hybridized carbons (Fsp3) is 0.364. The van der Waals surface area contributed by atoms with E-state index in [1.54, 1.807) is 18.2 Å². The second-order valence-electron chi connectivity index (χ2n) is 7.18. The number of fused-ring (bicyclic) bond motifs is 1. The van der Waals surface area contributed by atoms with Crippen LogP contribution in [0.4, 0.5) is 5.69 Å². The zero-order chi connectivity index (χ0) is 18.6. The van der Waals surface area contributed by atoms with E-state index in [1.807, 2.05) is 24.3 Å². The van der Waals surface area contributed by atoms with E-state index in [2.05, 4.69) is 10.6 Å². The minimum absolute atomic E-state index is 0.0853. The van der Waals surface area contributed by atoms with Gasteiger partial charge in [-0.3, -0.25) is 9.59 Å². The van der Waals surface area contributed by atoms with Crippen LogP contribution in [0.5, 0.6) is 0 Å². The number of carbonyl (C=O) groups is 2. The zero-order valence-electron chi connectivity index (χ0n) is 15.3. The minimum atomic E-state index is -0.199. The van der Waals surface area contributed by atoms with Crippen LogP contribution in [0.2, 0.25) is 0 Å². The fourth-order valence-corrected chi connectivity index (χ4v) is 3.80. The molecule has 1 atom stereocenters. The lowest BCUT2D eigenvalue weighted by Gasteiger charge is -2.14. The molecule has 140 valence electrons. The molecule has 0 radical (unpaired) electrons. The first-order valence-electron chi connectivity index (χ1n) is 9.63. The highest BCUT2D eigenvalue weighted by Gasteiger charge is 2.19. The summed E-state index contributed by atoms with van der Waals surface area (Å²) in [6.45, 7) is 1.25. The summed E-state index contributed by atoms with van der Waals surface area (Å²) in [5.41, 5.74) is 4.20. The third-order valence-corrected chi connectivity index (χ3v) is 5.29. The van der Waals surface area contributed by atoms with Crippen LogP contribution in [0.15, 0.2) is 42.5 Å². The van der Waals surface area contributed by atoms with Crippen molar-refractivity contribution in [3.05, 3.63) is 64.7 Å². The molecule has 1 heterocycles. The Morgan fingerprint density at radius 2 is 1.85 bits per heavy atom. The first kappa shape index (κ1) is 17.7. The van der Waals surface area contributed by atoms with Crippen molar-refractivity contribution in [1.29, 1.82) is 0 Å². The zero-order valence-corrected chi connectivity index (χ0v) is 15.3. The molecule has 4 rings (SSSR count). The van der Waals surface area contributed by atoms with Crippen molar-refractivity contribution >= 4 is 17.5 Å². The minimum Gasteiger partial charge on any atom is -0.376 e. The maximum absolute atomic E-state index is 12.7. The van der Waals surface area contributed by atoms with Crippen molar-refractivity contribution in [2.24, 2.45) is 0 Å². The molecule has 1 saturated heterocycles. The molecule has 1 aliphatic carbocycles. The molecular formula is C22H24N2O3. The van der Waals surface area contributed by atoms with Gasteiger partial charge in [0.05, 0.1) is 17.4 Å². The average molecular weight is 364 g/mol. The fourth-order valence-electron chi connectivity index (χ4n) is 3.80. The van der Waals surface area contributed by atoms with Gasteiger partial charge in [0.1, 0.15) is 0 Å².